The number of furan rings is 2. The van der Waals surface area contributed by atoms with Gasteiger partial charge in [0.05, 0.1) is 27.8 Å². The summed E-state index contributed by atoms with van der Waals surface area (Å²) < 4.78 is 13.2. The van der Waals surface area contributed by atoms with Crippen molar-refractivity contribution >= 4 is 117 Å². The molecule has 2 aliphatic heterocycles. The number of fused-ring (bicyclic) bond motifs is 12. The van der Waals surface area contributed by atoms with E-state index in [9.17, 15) is 0 Å². The smallest absolute Gasteiger partial charge is 0.137 e. The highest BCUT2D eigenvalue weighted by molar-refractivity contribution is 9.10. The molecule has 6 nitrogen and oxygen atoms in total. The number of rotatable bonds is 5. The Morgan fingerprint density at radius 3 is 1.38 bits per heavy atom. The summed E-state index contributed by atoms with van der Waals surface area (Å²) in [6.07, 6.45) is 10.1. The maximum Gasteiger partial charge on any atom is 0.137 e. The molecule has 504 valence electrons. The fourth-order valence-corrected chi connectivity index (χ4v) is 18.1. The van der Waals surface area contributed by atoms with Crippen molar-refractivity contribution in [1.29, 1.82) is 0 Å². The summed E-state index contributed by atoms with van der Waals surface area (Å²) in [5.41, 5.74) is 33.0. The summed E-state index contributed by atoms with van der Waals surface area (Å²) in [6, 6.07) is 70.0. The number of anilines is 8. The van der Waals surface area contributed by atoms with Crippen LogP contribution in [0.25, 0.3) is 43.9 Å². The lowest BCUT2D eigenvalue weighted by molar-refractivity contribution is 0.195. The fourth-order valence-electron chi connectivity index (χ4n) is 17.3. The van der Waals surface area contributed by atoms with Gasteiger partial charge >= 0.3 is 0 Å². The van der Waals surface area contributed by atoms with E-state index in [4.69, 9.17) is 26.2 Å². The van der Waals surface area contributed by atoms with Gasteiger partial charge in [-0.25, -0.2) is 0 Å². The highest BCUT2D eigenvalue weighted by Gasteiger charge is 2.59. The van der Waals surface area contributed by atoms with Crippen molar-refractivity contribution in [2.45, 2.75) is 195 Å². The number of nitrogen functional groups attached to an aromatic ring is 1. The van der Waals surface area contributed by atoms with Crippen LogP contribution >= 0.6 is 27.5 Å². The van der Waals surface area contributed by atoms with Crippen molar-refractivity contribution in [1.82, 2.24) is 0 Å². The van der Waals surface area contributed by atoms with E-state index >= 15 is 0 Å². The Kier molecular flexibility index (Phi) is 18.0. The van der Waals surface area contributed by atoms with E-state index < -0.39 is 0 Å². The van der Waals surface area contributed by atoms with Crippen LogP contribution in [0, 0.1) is 41.5 Å². The summed E-state index contributed by atoms with van der Waals surface area (Å²) in [7, 11) is 0. The average molecular weight is 1380 g/mol. The molecule has 4 aliphatic rings. The van der Waals surface area contributed by atoms with Gasteiger partial charge in [0.2, 0.25) is 0 Å². The van der Waals surface area contributed by atoms with E-state index in [2.05, 4.69) is 293 Å². The summed E-state index contributed by atoms with van der Waals surface area (Å²) in [5.74, 6) is 0. The monoisotopic (exact) mass is 1380 g/mol. The Hall–Kier alpha value is -8.23. The molecule has 4 atom stereocenters. The second-order valence-corrected chi connectivity index (χ2v) is 32.9. The molecule has 4 heterocycles. The molecule has 2 fully saturated rings. The highest BCUT2D eigenvalue weighted by Crippen LogP contribution is 2.63. The molecule has 0 radical (unpaired) electrons. The second-order valence-electron chi connectivity index (χ2n) is 31.6. The standard InChI is InChI=1S/C45H48N2O.C21H24ClN.C12H7BrO.C12H19N/c1-29-24-33(28-34(25-29)47-37-18-11-10-17-36(37)44(7)22-13-14-23-45(44,47)8)46(42-30(2)26-32(27-31(42)3)43(4,5)6)38-19-15-21-40-41(38)35-16-9-12-20-39(35)48-40;1-15-12-16(22)14-17(13-15)23-19-9-5-4-8-18(19)20(2)10-6-7-11-21(20,23)3;13-9-5-3-7-11-12(9)8-4-1-2-6-10(8)14-11;1-8-6-10(12(3,4)5)7-9(2)11(8)13/h9-12,15-21,24-28H,13-14,22-23H2,1-8H3;4-5,8-9,12-14H,6-7,10-11H2,1-3H3;1-7H;6-7H,13H2,1-5H3. The van der Waals surface area contributed by atoms with Gasteiger partial charge in [0.1, 0.15) is 22.3 Å². The van der Waals surface area contributed by atoms with E-state index in [0.717, 1.165) is 64.7 Å². The Morgan fingerprint density at radius 1 is 0.449 bits per heavy atom. The zero-order chi connectivity index (χ0) is 69.6. The molecule has 10 aromatic carbocycles. The molecular formula is C90H98BrClN4O2. The molecule has 0 amide bonds. The predicted octanol–water partition coefficient (Wildman–Crippen LogP) is 26.9. The van der Waals surface area contributed by atoms with Crippen LogP contribution in [0.1, 0.15) is 176 Å². The minimum absolute atomic E-state index is 0.00814. The molecule has 0 saturated heterocycles. The van der Waals surface area contributed by atoms with Gasteiger partial charge in [-0.05, 0) is 232 Å². The van der Waals surface area contributed by atoms with Crippen molar-refractivity contribution in [3.63, 3.8) is 0 Å². The molecule has 8 heteroatoms. The zero-order valence-electron chi connectivity index (χ0n) is 60.6. The number of benzene rings is 10. The van der Waals surface area contributed by atoms with Crippen LogP contribution in [0.4, 0.5) is 45.5 Å². The summed E-state index contributed by atoms with van der Waals surface area (Å²) in [4.78, 5) is 7.79. The van der Waals surface area contributed by atoms with Crippen LogP contribution < -0.4 is 20.4 Å². The second kappa shape index (κ2) is 25.8. The first-order valence-corrected chi connectivity index (χ1v) is 36.7. The van der Waals surface area contributed by atoms with Gasteiger partial charge < -0.3 is 29.3 Å². The van der Waals surface area contributed by atoms with Crippen LogP contribution in [-0.4, -0.2) is 11.1 Å². The molecule has 2 aromatic heterocycles. The maximum atomic E-state index is 6.46. The maximum absolute atomic E-state index is 6.46. The minimum Gasteiger partial charge on any atom is -0.456 e. The van der Waals surface area contributed by atoms with Gasteiger partial charge in [-0.3, -0.25) is 0 Å². The minimum atomic E-state index is -0.00814. The first-order valence-electron chi connectivity index (χ1n) is 35.5. The Morgan fingerprint density at radius 2 is 0.867 bits per heavy atom. The molecule has 4 unspecified atom stereocenters. The average Bonchev–Trinajstić information content (AvgIpc) is 1.54. The summed E-state index contributed by atoms with van der Waals surface area (Å²) >= 11 is 9.92. The highest BCUT2D eigenvalue weighted by atomic mass is 79.9. The van der Waals surface area contributed by atoms with Crippen LogP contribution in [0.5, 0.6) is 0 Å². The van der Waals surface area contributed by atoms with Crippen molar-refractivity contribution in [3.05, 3.63) is 259 Å². The lowest BCUT2D eigenvalue weighted by Crippen LogP contribution is -2.54. The number of halogens is 2. The molecule has 16 rings (SSSR count). The van der Waals surface area contributed by atoms with E-state index in [-0.39, 0.29) is 32.7 Å². The van der Waals surface area contributed by atoms with Crippen molar-refractivity contribution in [3.8, 4) is 0 Å². The number of nitrogens with two attached hydrogens (primary N) is 1. The molecular weight excluding hydrogens is 1280 g/mol. The third-order valence-electron chi connectivity index (χ3n) is 22.9. The zero-order valence-corrected chi connectivity index (χ0v) is 63.0. The van der Waals surface area contributed by atoms with Crippen LogP contribution in [-0.2, 0) is 21.7 Å². The van der Waals surface area contributed by atoms with Gasteiger partial charge in [-0.2, -0.15) is 0 Å². The van der Waals surface area contributed by atoms with Gasteiger partial charge in [-0.15, -0.1) is 0 Å². The van der Waals surface area contributed by atoms with Gasteiger partial charge in [0, 0.05) is 70.6 Å². The third-order valence-corrected chi connectivity index (χ3v) is 23.8. The number of hydrogen-bond donors (Lipinski definition) is 1. The summed E-state index contributed by atoms with van der Waals surface area (Å²) in [5, 5.41) is 5.43. The molecule has 2 saturated carbocycles. The van der Waals surface area contributed by atoms with Crippen molar-refractivity contribution in [2.75, 3.05) is 20.4 Å². The molecule has 0 bridgehead atoms. The van der Waals surface area contributed by atoms with Crippen LogP contribution in [0.3, 0.4) is 0 Å². The molecule has 2 aliphatic carbocycles. The topological polar surface area (TPSA) is 62.0 Å². The van der Waals surface area contributed by atoms with E-state index in [0.29, 0.717) is 0 Å². The number of nitrogens with zero attached hydrogens (tertiary/aromatic N) is 3. The summed E-state index contributed by atoms with van der Waals surface area (Å²) in [6.45, 7) is 36.6. The van der Waals surface area contributed by atoms with Gasteiger partial charge in [-0.1, -0.05) is 218 Å². The Balaban J connectivity index is 0.000000141. The number of hydrogen-bond acceptors (Lipinski definition) is 6. The predicted molar refractivity (Wildman–Crippen MR) is 424 cm³/mol. The lowest BCUT2D eigenvalue weighted by Gasteiger charge is -2.50. The Labute approximate surface area is 596 Å². The normalized spacial score (nSPS) is 20.2. The SMILES string of the molecule is Brc1cccc2oc3ccccc3c12.Cc1cc(C(C)(C)C)cc(C)c1N.Cc1cc(Cl)cc(N2c3ccccc3C3(C)CCCCC23C)c1.Cc1cc(N(c2c(C)cc(C(C)(C)C)cc2C)c2cccc3oc4ccccc4c23)cc(N2c3ccccc3C3(C)CCCCC23C)c1. The van der Waals surface area contributed by atoms with Crippen LogP contribution in [0.2, 0.25) is 5.02 Å². The number of para-hydroxylation sites is 4. The largest absolute Gasteiger partial charge is 0.456 e. The lowest BCUT2D eigenvalue weighted by atomic mass is 9.61. The van der Waals surface area contributed by atoms with Crippen LogP contribution in [0.15, 0.2) is 207 Å². The van der Waals surface area contributed by atoms with E-state index in [1.165, 1.54) is 141 Å². The molecule has 0 spiro atoms. The fraction of sp³-hybridized carbons (Fsp3) is 0.333. The van der Waals surface area contributed by atoms with E-state index in [1.807, 2.05) is 42.5 Å². The first kappa shape index (κ1) is 68.3. The third kappa shape index (κ3) is 11.9. The van der Waals surface area contributed by atoms with Crippen molar-refractivity contribution < 1.29 is 8.83 Å². The molecule has 12 aromatic rings. The molecule has 98 heavy (non-hydrogen) atoms. The van der Waals surface area contributed by atoms with Gasteiger partial charge in [0.25, 0.3) is 0 Å². The first-order chi connectivity index (χ1) is 46.5. The quantitative estimate of drug-likeness (QED) is 0.173. The molecule has 2 N–H and O–H groups in total. The Bertz CT molecular complexity index is 4960. The van der Waals surface area contributed by atoms with Crippen molar-refractivity contribution in [2.24, 2.45) is 0 Å². The van der Waals surface area contributed by atoms with E-state index in [1.54, 1.807) is 0 Å². The van der Waals surface area contributed by atoms with Gasteiger partial charge in [0.15, 0.2) is 0 Å². The number of aryl methyl sites for hydroxylation is 6.